The molecule has 0 aliphatic heterocycles. The maximum absolute atomic E-state index is 14.3. The van der Waals surface area contributed by atoms with Crippen LogP contribution in [0.2, 0.25) is 0 Å². The molecule has 0 fully saturated rings. The number of carboxylic acid groups (broad SMARTS) is 1. The molecule has 7 N–H and O–H groups in total. The zero-order chi connectivity index (χ0) is 83.1. The molecule has 0 atom stereocenters. The van der Waals surface area contributed by atoms with Crippen LogP contribution in [0, 0.1) is 46.7 Å². The lowest BCUT2D eigenvalue weighted by Crippen LogP contribution is -2.27. The van der Waals surface area contributed by atoms with E-state index in [1.807, 2.05) is 45.0 Å². The zero-order valence-corrected chi connectivity index (χ0v) is 63.7. The minimum absolute atomic E-state index is 0.0216. The van der Waals surface area contributed by atoms with Crippen LogP contribution in [-0.2, 0) is 57.8 Å². The third kappa shape index (κ3) is 28.4. The van der Waals surface area contributed by atoms with Gasteiger partial charge < -0.3 is 54.9 Å². The number of carboxylic acids is 1. The fraction of sp³-hybridized carbons (Fsp3) is 0.272. The van der Waals surface area contributed by atoms with E-state index in [1.165, 1.54) is 46.3 Å². The molecule has 23 nitrogen and oxygen atoms in total. The standard InChI is InChI=1S/C21H19FN2O4.C19H17FN2O3.C14H15F2NO3.C12H18N2O2.C11H10F2O3.C4H7ClO/c1-12(2)20(26)23-14-8-6-13(7-9-14)10-24-11-15(21(27)28)19(25)18-16(22)4-3-5-17(18)24;1-2-25-19(24)14-11-22(10-12-6-8-13(21)9-7-12)16-5-3-4-15(20)17(16)18(14)23;1-4-20-14(19)9(8-17(2)3)13(18)12-10(15)6-5-7-11(12)16;1-12(2,3)16-11(15)14-10-6-4-9(8-13)5-7-10;1-2-16-10(15)6-9(14)11-7(12)4-3-5-8(11)13;1-3(2)4(5)6/h3-9,11-12H,10H2,1-2H3,(H,23,26)(H,27,28);3-9,11H,2,10,21H2,1H3;5-8H,4H2,1-3H3;4-7H,8,13H2,1-3H3,(H,14,15);3-5H,2,6H2,1H3;3H,1-2H3/b;;9-8-;;;. The Morgan fingerprint density at radius 1 is 0.559 bits per heavy atom. The molecular weight excluding hydrogens is 1480 g/mol. The lowest BCUT2D eigenvalue weighted by Gasteiger charge is -2.19. The second-order valence-electron chi connectivity index (χ2n) is 25.5. The highest BCUT2D eigenvalue weighted by atomic mass is 35.5. The number of nitrogen functional groups attached to an aromatic ring is 1. The van der Waals surface area contributed by atoms with Gasteiger partial charge in [-0.05, 0) is 155 Å². The maximum atomic E-state index is 14.3. The van der Waals surface area contributed by atoms with Crippen molar-refractivity contribution in [2.45, 2.75) is 101 Å². The van der Waals surface area contributed by atoms with E-state index in [4.69, 9.17) is 37.3 Å². The van der Waals surface area contributed by atoms with Gasteiger partial charge in [-0.3, -0.25) is 38.9 Å². The number of carbonyl (C=O) groups is 9. The molecular formula is C81H86ClF6N7O16. The van der Waals surface area contributed by atoms with Gasteiger partial charge in [0.25, 0.3) is 0 Å². The highest BCUT2D eigenvalue weighted by Gasteiger charge is 2.28. The number of esters is 3. The normalized spacial score (nSPS) is 10.7. The Bertz CT molecular complexity index is 4910. The van der Waals surface area contributed by atoms with Gasteiger partial charge in [-0.25, -0.2) is 45.5 Å². The Balaban J connectivity index is 0.000000292. The van der Waals surface area contributed by atoms with Crippen molar-refractivity contribution >= 4 is 103 Å². The molecule has 9 aromatic rings. The van der Waals surface area contributed by atoms with Crippen LogP contribution in [-0.4, -0.2) is 111 Å². The summed E-state index contributed by atoms with van der Waals surface area (Å²) in [6, 6.07) is 36.2. The average Bonchev–Trinajstić information content (AvgIpc) is 0.776. The Kier molecular flexibility index (Phi) is 35.9. The number of ether oxygens (including phenoxy) is 4. The van der Waals surface area contributed by atoms with Gasteiger partial charge in [0.15, 0.2) is 5.78 Å². The number of pyridine rings is 2. The Hall–Kier alpha value is -12.2. The Labute approximate surface area is 640 Å². The van der Waals surface area contributed by atoms with Gasteiger partial charge in [0, 0.05) is 81.2 Å². The third-order valence-corrected chi connectivity index (χ3v) is 15.2. The lowest BCUT2D eigenvalue weighted by atomic mass is 10.0. The number of hydrogen-bond acceptors (Lipinski definition) is 18. The second kappa shape index (κ2) is 43.7. The molecule has 590 valence electrons. The molecule has 111 heavy (non-hydrogen) atoms. The smallest absolute Gasteiger partial charge is 0.412 e. The van der Waals surface area contributed by atoms with Crippen LogP contribution in [0.25, 0.3) is 21.8 Å². The van der Waals surface area contributed by atoms with Crippen molar-refractivity contribution in [3.05, 3.63) is 264 Å². The molecule has 2 amide bonds. The van der Waals surface area contributed by atoms with Crippen molar-refractivity contribution < 1.29 is 93.5 Å². The summed E-state index contributed by atoms with van der Waals surface area (Å²) in [5, 5.41) is 14.1. The summed E-state index contributed by atoms with van der Waals surface area (Å²) in [5.41, 5.74) is 12.0. The molecule has 2 heterocycles. The van der Waals surface area contributed by atoms with Crippen molar-refractivity contribution in [1.29, 1.82) is 0 Å². The van der Waals surface area contributed by atoms with Gasteiger partial charge in [0.2, 0.25) is 27.8 Å². The number of carbonyl (C=O) groups excluding carboxylic acids is 8. The molecule has 0 saturated carbocycles. The third-order valence-electron chi connectivity index (χ3n) is 14.7. The largest absolute Gasteiger partial charge is 0.477 e. The Morgan fingerprint density at radius 2 is 0.964 bits per heavy atom. The molecule has 0 unspecified atom stereocenters. The lowest BCUT2D eigenvalue weighted by molar-refractivity contribution is -0.142. The number of aromatic nitrogens is 2. The van der Waals surface area contributed by atoms with E-state index in [0.717, 1.165) is 59.2 Å². The fourth-order valence-corrected chi connectivity index (χ4v) is 9.42. The number of hydrogen-bond donors (Lipinski definition) is 5. The van der Waals surface area contributed by atoms with E-state index in [-0.39, 0.29) is 65.7 Å². The van der Waals surface area contributed by atoms with Crippen LogP contribution in [0.1, 0.15) is 134 Å². The summed E-state index contributed by atoms with van der Waals surface area (Å²) in [4.78, 5) is 129. The topological polar surface area (TPSA) is 334 Å². The number of amides is 2. The van der Waals surface area contributed by atoms with Gasteiger partial charge in [-0.2, -0.15) is 0 Å². The van der Waals surface area contributed by atoms with E-state index in [2.05, 4.69) is 15.4 Å². The number of halogens is 7. The fourth-order valence-electron chi connectivity index (χ4n) is 9.42. The minimum Gasteiger partial charge on any atom is -0.477 e. The van der Waals surface area contributed by atoms with Crippen LogP contribution >= 0.6 is 11.6 Å². The van der Waals surface area contributed by atoms with Crippen LogP contribution in [0.5, 0.6) is 0 Å². The van der Waals surface area contributed by atoms with Gasteiger partial charge in [-0.1, -0.05) is 88.4 Å². The van der Waals surface area contributed by atoms with E-state index in [1.54, 1.807) is 128 Å². The summed E-state index contributed by atoms with van der Waals surface area (Å²) in [6.45, 7) is 18.8. The summed E-state index contributed by atoms with van der Waals surface area (Å²) >= 11 is 4.97. The van der Waals surface area contributed by atoms with E-state index >= 15 is 0 Å². The monoisotopic (exact) mass is 1560 g/mol. The van der Waals surface area contributed by atoms with Crippen molar-refractivity contribution in [3.63, 3.8) is 0 Å². The number of nitrogens with two attached hydrogens (primary N) is 2. The molecule has 0 spiro atoms. The van der Waals surface area contributed by atoms with E-state index in [9.17, 15) is 84.2 Å². The first-order valence-corrected chi connectivity index (χ1v) is 34.6. The SMILES string of the molecule is CC(C)(C)OC(=O)Nc1ccc(CN)cc1.CC(C)C(=O)Cl.CC(C)C(=O)Nc1ccc(Cn2cc(C(=O)O)c(=O)c3c(F)cccc32)cc1.CCOC(=O)/C(=C\N(C)C)C(=O)c1c(F)cccc1F.CCOC(=O)CC(=O)c1c(F)cccc1F.CCOC(=O)c1cn(Cc2ccc(N)cc2)c2cccc(F)c2c1=O. The molecule has 0 aliphatic carbocycles. The van der Waals surface area contributed by atoms with Crippen LogP contribution < -0.4 is 33.0 Å². The summed E-state index contributed by atoms with van der Waals surface area (Å²) in [5.74, 6) is -11.5. The molecule has 0 saturated heterocycles. The quantitative estimate of drug-likeness (QED) is 0.00513. The van der Waals surface area contributed by atoms with Crippen molar-refractivity contribution in [3.8, 4) is 0 Å². The second-order valence-corrected chi connectivity index (χ2v) is 25.9. The highest BCUT2D eigenvalue weighted by Crippen LogP contribution is 2.23. The molecule has 7 aromatic carbocycles. The molecule has 9 rings (SSSR count). The first-order valence-electron chi connectivity index (χ1n) is 34.2. The minimum atomic E-state index is -1.41. The molecule has 0 aliphatic rings. The van der Waals surface area contributed by atoms with Gasteiger partial charge in [-0.15, -0.1) is 0 Å². The predicted octanol–water partition coefficient (Wildman–Crippen LogP) is 14.6. The first kappa shape index (κ1) is 91.1. The number of fused-ring (bicyclic) bond motifs is 2. The average molecular weight is 1560 g/mol. The number of nitrogens with zero attached hydrogens (tertiary/aromatic N) is 3. The molecule has 30 heteroatoms. The summed E-state index contributed by atoms with van der Waals surface area (Å²) in [7, 11) is 3.15. The van der Waals surface area contributed by atoms with Crippen molar-refractivity contribution in [2.24, 2.45) is 17.6 Å². The Morgan fingerprint density at radius 3 is 1.38 bits per heavy atom. The number of ketones is 2. The first-order chi connectivity index (χ1) is 52.3. The highest BCUT2D eigenvalue weighted by molar-refractivity contribution is 6.63. The van der Waals surface area contributed by atoms with E-state index in [0.29, 0.717) is 41.2 Å². The van der Waals surface area contributed by atoms with Crippen molar-refractivity contribution in [1.82, 2.24) is 14.0 Å². The zero-order valence-electron chi connectivity index (χ0n) is 62.9. The van der Waals surface area contributed by atoms with Crippen LogP contribution in [0.4, 0.5) is 48.2 Å². The molecule has 0 bridgehead atoms. The number of benzene rings is 7. The van der Waals surface area contributed by atoms with Crippen molar-refractivity contribution in [2.75, 3.05) is 50.3 Å². The van der Waals surface area contributed by atoms with E-state index < -0.39 is 122 Å². The number of nitrogens with one attached hydrogen (secondary N) is 2. The van der Waals surface area contributed by atoms with Gasteiger partial charge in [0.1, 0.15) is 63.6 Å². The van der Waals surface area contributed by atoms with Gasteiger partial charge >= 0.3 is 30.0 Å². The van der Waals surface area contributed by atoms with Gasteiger partial charge in [0.05, 0.1) is 52.8 Å². The molecule has 0 radical (unpaired) electrons. The summed E-state index contributed by atoms with van der Waals surface area (Å²) in [6.07, 6.45) is 2.70. The molecule has 2 aromatic heterocycles. The van der Waals surface area contributed by atoms with Crippen LogP contribution in [0.3, 0.4) is 0 Å². The number of anilines is 3. The van der Waals surface area contributed by atoms with Crippen LogP contribution in [0.15, 0.2) is 179 Å². The number of aromatic carboxylic acids is 1. The number of rotatable bonds is 21. The maximum Gasteiger partial charge on any atom is 0.412 e. The summed E-state index contributed by atoms with van der Waals surface area (Å²) < 4.78 is 104. The number of Topliss-reactive ketones (excluding diaryl/α,β-unsaturated/α-hetero) is 2. The predicted molar refractivity (Wildman–Crippen MR) is 409 cm³/mol.